The van der Waals surface area contributed by atoms with Crippen molar-refractivity contribution >= 4 is 0 Å². The number of benzene rings is 1. The summed E-state index contributed by atoms with van der Waals surface area (Å²) in [6, 6.07) is 4.14. The van der Waals surface area contributed by atoms with Gasteiger partial charge in [-0.05, 0) is 54.9 Å². The maximum atomic E-state index is 10.0. The highest BCUT2D eigenvalue weighted by atomic mass is 16.3. The molecule has 0 spiro atoms. The van der Waals surface area contributed by atoms with Gasteiger partial charge in [-0.15, -0.1) is 6.58 Å². The van der Waals surface area contributed by atoms with E-state index in [1.54, 1.807) is 0 Å². The second-order valence-electron chi connectivity index (χ2n) is 4.53. The predicted molar refractivity (Wildman–Crippen MR) is 74.6 cm³/mol. The highest BCUT2D eigenvalue weighted by molar-refractivity contribution is 5.42. The van der Waals surface area contributed by atoms with Crippen LogP contribution >= 0.6 is 0 Å². The van der Waals surface area contributed by atoms with Gasteiger partial charge in [0.15, 0.2) is 0 Å². The Balaban J connectivity index is 2.93. The van der Waals surface area contributed by atoms with E-state index >= 15 is 0 Å². The number of aromatic hydroxyl groups is 1. The zero-order valence-electron chi connectivity index (χ0n) is 11.1. The van der Waals surface area contributed by atoms with Crippen LogP contribution in [0.2, 0.25) is 0 Å². The van der Waals surface area contributed by atoms with Gasteiger partial charge >= 0.3 is 0 Å². The quantitative estimate of drug-likeness (QED) is 0.690. The van der Waals surface area contributed by atoms with Gasteiger partial charge in [0.1, 0.15) is 5.75 Å². The molecule has 0 aliphatic rings. The molecule has 1 N–H and O–H groups in total. The summed E-state index contributed by atoms with van der Waals surface area (Å²) in [4.78, 5) is 0. The molecule has 0 saturated carbocycles. The molecule has 0 saturated heterocycles. The standard InChI is InChI=1S/C16H24O/c1-4-7-9-14-12-16(17)15(10-8-5-2)11-13(14)6-3/h5,11-12,17H,2,4,6-10H2,1,3H3. The van der Waals surface area contributed by atoms with Crippen molar-refractivity contribution in [2.45, 2.75) is 52.4 Å². The van der Waals surface area contributed by atoms with Gasteiger partial charge in [0.05, 0.1) is 0 Å². The van der Waals surface area contributed by atoms with Crippen LogP contribution in [0.4, 0.5) is 0 Å². The first kappa shape index (κ1) is 13.8. The van der Waals surface area contributed by atoms with Crippen LogP contribution in [0.1, 0.15) is 49.8 Å². The third-order valence-electron chi connectivity index (χ3n) is 3.20. The fraction of sp³-hybridized carbons (Fsp3) is 0.500. The van der Waals surface area contributed by atoms with Crippen LogP contribution in [-0.4, -0.2) is 5.11 Å². The zero-order chi connectivity index (χ0) is 12.7. The molecule has 0 amide bonds. The summed E-state index contributed by atoms with van der Waals surface area (Å²) in [5.74, 6) is 0.454. The maximum Gasteiger partial charge on any atom is 0.119 e. The van der Waals surface area contributed by atoms with E-state index in [0.717, 1.165) is 31.2 Å². The third-order valence-corrected chi connectivity index (χ3v) is 3.20. The Bertz CT molecular complexity index is 366. The van der Waals surface area contributed by atoms with Gasteiger partial charge in [-0.1, -0.05) is 32.4 Å². The van der Waals surface area contributed by atoms with E-state index in [0.29, 0.717) is 5.75 Å². The summed E-state index contributed by atoms with van der Waals surface area (Å²) >= 11 is 0. The summed E-state index contributed by atoms with van der Waals surface area (Å²) in [6.07, 6.45) is 8.22. The van der Waals surface area contributed by atoms with Crippen molar-refractivity contribution < 1.29 is 5.11 Å². The SMILES string of the molecule is C=CCCc1cc(CC)c(CCCC)cc1O. The van der Waals surface area contributed by atoms with E-state index in [-0.39, 0.29) is 0 Å². The van der Waals surface area contributed by atoms with E-state index in [2.05, 4.69) is 26.5 Å². The Kier molecular flexibility index (Phi) is 5.82. The summed E-state index contributed by atoms with van der Waals surface area (Å²) in [7, 11) is 0. The monoisotopic (exact) mass is 232 g/mol. The van der Waals surface area contributed by atoms with E-state index in [9.17, 15) is 5.11 Å². The Morgan fingerprint density at radius 1 is 1.12 bits per heavy atom. The molecule has 0 atom stereocenters. The molecule has 1 rings (SSSR count). The van der Waals surface area contributed by atoms with Crippen LogP contribution in [0.3, 0.4) is 0 Å². The highest BCUT2D eigenvalue weighted by Crippen LogP contribution is 2.25. The van der Waals surface area contributed by atoms with Crippen molar-refractivity contribution in [1.82, 2.24) is 0 Å². The molecule has 1 aromatic rings. The average Bonchev–Trinajstić information content (AvgIpc) is 2.35. The molecule has 1 heteroatoms. The molecular weight excluding hydrogens is 208 g/mol. The van der Waals surface area contributed by atoms with Gasteiger partial charge < -0.3 is 5.11 Å². The molecule has 1 nitrogen and oxygen atoms in total. The Morgan fingerprint density at radius 2 is 1.88 bits per heavy atom. The summed E-state index contributed by atoms with van der Waals surface area (Å²) < 4.78 is 0. The van der Waals surface area contributed by atoms with Crippen molar-refractivity contribution in [3.63, 3.8) is 0 Å². The first-order chi connectivity index (χ1) is 8.22. The van der Waals surface area contributed by atoms with Gasteiger partial charge in [0.25, 0.3) is 0 Å². The number of phenols is 1. The van der Waals surface area contributed by atoms with E-state index in [1.807, 2.05) is 12.1 Å². The minimum Gasteiger partial charge on any atom is -0.508 e. The van der Waals surface area contributed by atoms with Crippen LogP contribution in [0.25, 0.3) is 0 Å². The molecule has 0 fully saturated rings. The topological polar surface area (TPSA) is 20.2 Å². The van der Waals surface area contributed by atoms with Crippen molar-refractivity contribution in [2.24, 2.45) is 0 Å². The lowest BCUT2D eigenvalue weighted by molar-refractivity contribution is 0.466. The predicted octanol–water partition coefficient (Wildman–Crippen LogP) is 4.42. The van der Waals surface area contributed by atoms with Gasteiger partial charge in [-0.25, -0.2) is 0 Å². The van der Waals surface area contributed by atoms with E-state index in [4.69, 9.17) is 0 Å². The minimum absolute atomic E-state index is 0.454. The van der Waals surface area contributed by atoms with Crippen molar-refractivity contribution in [1.29, 1.82) is 0 Å². The van der Waals surface area contributed by atoms with Crippen molar-refractivity contribution in [3.05, 3.63) is 41.5 Å². The van der Waals surface area contributed by atoms with Gasteiger partial charge in [-0.2, -0.15) is 0 Å². The summed E-state index contributed by atoms with van der Waals surface area (Å²) in [5, 5.41) is 10.0. The molecule has 0 aliphatic heterocycles. The molecule has 0 radical (unpaired) electrons. The summed E-state index contributed by atoms with van der Waals surface area (Å²) in [5.41, 5.74) is 3.76. The molecule has 1 aromatic carbocycles. The Morgan fingerprint density at radius 3 is 2.47 bits per heavy atom. The average molecular weight is 232 g/mol. The fourth-order valence-corrected chi connectivity index (χ4v) is 2.11. The van der Waals surface area contributed by atoms with Crippen LogP contribution in [0.5, 0.6) is 5.75 Å². The molecule has 0 aromatic heterocycles. The number of allylic oxidation sites excluding steroid dienone is 1. The van der Waals surface area contributed by atoms with Gasteiger partial charge in [-0.3, -0.25) is 0 Å². The number of rotatable bonds is 7. The second-order valence-corrected chi connectivity index (χ2v) is 4.53. The number of aryl methyl sites for hydroxylation is 3. The number of hydrogen-bond donors (Lipinski definition) is 1. The number of phenolic OH excluding ortho intramolecular Hbond substituents is 1. The molecule has 0 unspecified atom stereocenters. The largest absolute Gasteiger partial charge is 0.508 e. The van der Waals surface area contributed by atoms with Crippen LogP contribution in [0.15, 0.2) is 24.8 Å². The maximum absolute atomic E-state index is 10.0. The van der Waals surface area contributed by atoms with Crippen LogP contribution < -0.4 is 0 Å². The Labute approximate surface area is 105 Å². The second kappa shape index (κ2) is 7.16. The molecule has 94 valence electrons. The molecule has 0 aliphatic carbocycles. The molecule has 17 heavy (non-hydrogen) atoms. The third kappa shape index (κ3) is 3.92. The lowest BCUT2D eigenvalue weighted by Crippen LogP contribution is -1.96. The Hall–Kier alpha value is -1.24. The van der Waals surface area contributed by atoms with Crippen molar-refractivity contribution in [2.75, 3.05) is 0 Å². The van der Waals surface area contributed by atoms with E-state index in [1.165, 1.54) is 24.0 Å². The van der Waals surface area contributed by atoms with E-state index < -0.39 is 0 Å². The van der Waals surface area contributed by atoms with Gasteiger partial charge in [0, 0.05) is 0 Å². The zero-order valence-corrected chi connectivity index (χ0v) is 11.1. The van der Waals surface area contributed by atoms with Crippen molar-refractivity contribution in [3.8, 4) is 5.75 Å². The highest BCUT2D eigenvalue weighted by Gasteiger charge is 2.07. The lowest BCUT2D eigenvalue weighted by Gasteiger charge is -2.12. The summed E-state index contributed by atoms with van der Waals surface area (Å²) in [6.45, 7) is 8.10. The van der Waals surface area contributed by atoms with Gasteiger partial charge in [0.2, 0.25) is 0 Å². The van der Waals surface area contributed by atoms with Crippen LogP contribution in [0, 0.1) is 0 Å². The molecule has 0 bridgehead atoms. The normalized spacial score (nSPS) is 10.5. The molecular formula is C16H24O. The number of unbranched alkanes of at least 4 members (excludes halogenated alkanes) is 1. The molecule has 0 heterocycles. The lowest BCUT2D eigenvalue weighted by atomic mass is 9.95. The fourth-order valence-electron chi connectivity index (χ4n) is 2.11. The first-order valence-electron chi connectivity index (χ1n) is 6.67. The number of hydrogen-bond acceptors (Lipinski definition) is 1. The smallest absolute Gasteiger partial charge is 0.119 e. The first-order valence-corrected chi connectivity index (χ1v) is 6.67. The minimum atomic E-state index is 0.454. The van der Waals surface area contributed by atoms with Crippen LogP contribution in [-0.2, 0) is 19.3 Å².